The number of anilines is 2. The van der Waals surface area contributed by atoms with Gasteiger partial charge < -0.3 is 9.47 Å². The third-order valence-corrected chi connectivity index (χ3v) is 8.02. The van der Waals surface area contributed by atoms with Crippen molar-refractivity contribution in [3.63, 3.8) is 0 Å². The smallest absolute Gasteiger partial charge is 0.262 e. The van der Waals surface area contributed by atoms with Gasteiger partial charge in [0.05, 0.1) is 10.6 Å². The van der Waals surface area contributed by atoms with Crippen molar-refractivity contribution in [2.24, 2.45) is 5.92 Å². The maximum atomic E-state index is 12.9. The molecule has 0 bridgehead atoms. The van der Waals surface area contributed by atoms with Gasteiger partial charge in [-0.3, -0.25) is 14.8 Å². The van der Waals surface area contributed by atoms with E-state index in [2.05, 4.69) is 21.9 Å². The lowest BCUT2D eigenvalue weighted by molar-refractivity contribution is 0.102. The summed E-state index contributed by atoms with van der Waals surface area (Å²) in [5.74, 6) is 1.19. The van der Waals surface area contributed by atoms with Crippen LogP contribution in [0.1, 0.15) is 34.3 Å². The molecule has 1 aliphatic carbocycles. The number of nitrogens with one attached hydrogen (secondary N) is 2. The normalized spacial score (nSPS) is 17.2. The van der Waals surface area contributed by atoms with Crippen LogP contribution in [0, 0.1) is 5.92 Å². The number of fused-ring (bicyclic) bond motifs is 2. The van der Waals surface area contributed by atoms with Gasteiger partial charge in [0.1, 0.15) is 13.2 Å². The van der Waals surface area contributed by atoms with Gasteiger partial charge in [0.2, 0.25) is 0 Å². The number of aryl methyl sites for hydroxylation is 1. The first-order chi connectivity index (χ1) is 15.9. The number of sulfonamides is 1. The van der Waals surface area contributed by atoms with E-state index >= 15 is 0 Å². The Hall–Kier alpha value is -3.11. The molecule has 2 N–H and O–H groups in total. The van der Waals surface area contributed by atoms with Crippen LogP contribution in [-0.4, -0.2) is 32.5 Å². The summed E-state index contributed by atoms with van der Waals surface area (Å²) in [7, 11) is -3.88. The predicted octanol–water partition coefficient (Wildman–Crippen LogP) is 4.09. The summed E-state index contributed by atoms with van der Waals surface area (Å²) >= 11 is 1.51. The molecule has 5 rings (SSSR count). The lowest BCUT2D eigenvalue weighted by atomic mass is 9.93. The van der Waals surface area contributed by atoms with Gasteiger partial charge in [-0.1, -0.05) is 13.0 Å². The molecule has 0 fully saturated rings. The Labute approximate surface area is 196 Å². The van der Waals surface area contributed by atoms with Crippen molar-refractivity contribution in [2.45, 2.75) is 31.1 Å². The zero-order valence-electron chi connectivity index (χ0n) is 18.0. The topological polar surface area (TPSA) is 107 Å². The third-order valence-electron chi connectivity index (χ3n) is 5.61. The van der Waals surface area contributed by atoms with Crippen LogP contribution in [0.15, 0.2) is 47.4 Å². The molecule has 172 valence electrons. The summed E-state index contributed by atoms with van der Waals surface area (Å²) in [5.41, 5.74) is 1.68. The molecular formula is C23H23N3O5S2. The van der Waals surface area contributed by atoms with Crippen LogP contribution >= 0.6 is 11.3 Å². The molecule has 1 atom stereocenters. The summed E-state index contributed by atoms with van der Waals surface area (Å²) < 4.78 is 39.2. The maximum absolute atomic E-state index is 12.9. The Kier molecular flexibility index (Phi) is 5.71. The lowest BCUT2D eigenvalue weighted by Crippen LogP contribution is -2.17. The number of thiazole rings is 1. The van der Waals surface area contributed by atoms with Gasteiger partial charge in [0.25, 0.3) is 15.9 Å². The summed E-state index contributed by atoms with van der Waals surface area (Å²) in [6.45, 7) is 3.01. The molecule has 33 heavy (non-hydrogen) atoms. The quantitative estimate of drug-likeness (QED) is 0.564. The molecule has 0 saturated heterocycles. The maximum Gasteiger partial charge on any atom is 0.262 e. The molecule has 0 spiro atoms. The van der Waals surface area contributed by atoms with E-state index in [1.54, 1.807) is 24.3 Å². The number of hydrogen-bond donors (Lipinski definition) is 2. The van der Waals surface area contributed by atoms with Crippen LogP contribution in [0.5, 0.6) is 11.5 Å². The van der Waals surface area contributed by atoms with Gasteiger partial charge in [0, 0.05) is 22.2 Å². The zero-order valence-corrected chi connectivity index (χ0v) is 19.6. The molecule has 1 unspecified atom stereocenters. The molecule has 1 amide bonds. The minimum absolute atomic E-state index is 0.0456. The summed E-state index contributed by atoms with van der Waals surface area (Å²) in [5, 5.41) is 3.42. The predicted molar refractivity (Wildman–Crippen MR) is 126 cm³/mol. The highest BCUT2D eigenvalue weighted by Gasteiger charge is 2.22. The van der Waals surface area contributed by atoms with Gasteiger partial charge in [-0.2, -0.15) is 0 Å². The third kappa shape index (κ3) is 4.67. The van der Waals surface area contributed by atoms with E-state index in [9.17, 15) is 13.2 Å². The first-order valence-corrected chi connectivity index (χ1v) is 13.0. The summed E-state index contributed by atoms with van der Waals surface area (Å²) in [6, 6.07) is 10.8. The number of carbonyl (C=O) groups is 1. The molecule has 3 aromatic rings. The second-order valence-electron chi connectivity index (χ2n) is 8.18. The first kappa shape index (κ1) is 21.7. The molecule has 2 aliphatic rings. The Morgan fingerprint density at radius 3 is 2.79 bits per heavy atom. The Morgan fingerprint density at radius 2 is 1.94 bits per heavy atom. The molecule has 0 radical (unpaired) electrons. The fourth-order valence-corrected chi connectivity index (χ4v) is 6.12. The number of hydrogen-bond acceptors (Lipinski definition) is 7. The number of nitrogens with zero attached hydrogens (tertiary/aromatic N) is 1. The molecular weight excluding hydrogens is 462 g/mol. The van der Waals surface area contributed by atoms with Crippen LogP contribution < -0.4 is 19.5 Å². The Balaban J connectivity index is 1.31. The van der Waals surface area contributed by atoms with Gasteiger partial charge in [-0.25, -0.2) is 13.4 Å². The number of rotatable bonds is 5. The minimum Gasteiger partial charge on any atom is -0.486 e. The van der Waals surface area contributed by atoms with Crippen molar-refractivity contribution in [2.75, 3.05) is 23.3 Å². The van der Waals surface area contributed by atoms with Gasteiger partial charge in [-0.05, 0) is 55.5 Å². The van der Waals surface area contributed by atoms with E-state index < -0.39 is 10.0 Å². The fourth-order valence-electron chi connectivity index (χ4n) is 3.89. The van der Waals surface area contributed by atoms with Crippen LogP contribution in [-0.2, 0) is 22.9 Å². The summed E-state index contributed by atoms with van der Waals surface area (Å²) in [4.78, 5) is 18.6. The average molecular weight is 486 g/mol. The van der Waals surface area contributed by atoms with Crippen LogP contribution in [0.25, 0.3) is 0 Å². The number of ether oxygens (including phenoxy) is 2. The Bertz CT molecular complexity index is 1320. The second-order valence-corrected chi connectivity index (χ2v) is 10.9. The molecule has 2 heterocycles. The Morgan fingerprint density at radius 1 is 1.12 bits per heavy atom. The number of benzene rings is 2. The molecule has 2 aromatic carbocycles. The highest BCUT2D eigenvalue weighted by Crippen LogP contribution is 2.34. The number of carbonyl (C=O) groups excluding carboxylic acids is 1. The molecule has 1 aliphatic heterocycles. The van der Waals surface area contributed by atoms with Crippen molar-refractivity contribution in [1.82, 2.24) is 4.98 Å². The molecule has 8 nitrogen and oxygen atoms in total. The van der Waals surface area contributed by atoms with Crippen LogP contribution in [0.2, 0.25) is 0 Å². The van der Waals surface area contributed by atoms with Crippen LogP contribution in [0.3, 0.4) is 0 Å². The van der Waals surface area contributed by atoms with E-state index in [-0.39, 0.29) is 16.5 Å². The monoisotopic (exact) mass is 485 g/mol. The van der Waals surface area contributed by atoms with Crippen LogP contribution in [0.4, 0.5) is 10.8 Å². The van der Waals surface area contributed by atoms with Gasteiger partial charge in [-0.15, -0.1) is 11.3 Å². The highest BCUT2D eigenvalue weighted by molar-refractivity contribution is 7.92. The minimum atomic E-state index is -3.88. The number of amides is 1. The van der Waals surface area contributed by atoms with E-state index in [1.165, 1.54) is 34.4 Å². The second kappa shape index (κ2) is 8.68. The standard InChI is InChI=1S/C23H23N3O5S2/c1-14-5-7-18-21(11-14)32-23(24-18)25-22(27)15-3-2-4-16(12-15)26-33(28,29)17-6-8-19-20(13-17)31-10-9-30-19/h2-4,6,8,12-14,26H,5,7,9-11H2,1H3,(H,24,25,27). The molecule has 1 aromatic heterocycles. The largest absolute Gasteiger partial charge is 0.486 e. The SMILES string of the molecule is CC1CCc2nc(NC(=O)c3cccc(NS(=O)(=O)c4ccc5c(c4)OCCO5)c3)sc2C1. The number of aromatic nitrogens is 1. The van der Waals surface area contributed by atoms with Gasteiger partial charge in [0.15, 0.2) is 16.6 Å². The van der Waals surface area contributed by atoms with Crippen molar-refractivity contribution < 1.29 is 22.7 Å². The van der Waals surface area contributed by atoms with Crippen molar-refractivity contribution in [3.05, 3.63) is 58.6 Å². The lowest BCUT2D eigenvalue weighted by Gasteiger charge is -2.19. The first-order valence-electron chi connectivity index (χ1n) is 10.7. The van der Waals surface area contributed by atoms with Crippen molar-refractivity contribution in [3.8, 4) is 11.5 Å². The van der Waals surface area contributed by atoms with E-state index in [4.69, 9.17) is 9.47 Å². The molecule has 10 heteroatoms. The van der Waals surface area contributed by atoms with E-state index in [1.807, 2.05) is 0 Å². The zero-order chi connectivity index (χ0) is 23.0. The van der Waals surface area contributed by atoms with Gasteiger partial charge >= 0.3 is 0 Å². The van der Waals surface area contributed by atoms with E-state index in [0.717, 1.165) is 25.0 Å². The highest BCUT2D eigenvalue weighted by atomic mass is 32.2. The average Bonchev–Trinajstić information content (AvgIpc) is 3.20. The fraction of sp³-hybridized carbons (Fsp3) is 0.304. The summed E-state index contributed by atoms with van der Waals surface area (Å²) in [6.07, 6.45) is 3.02. The molecule has 0 saturated carbocycles. The van der Waals surface area contributed by atoms with Crippen molar-refractivity contribution >= 4 is 38.1 Å². The van der Waals surface area contributed by atoms with E-state index in [0.29, 0.717) is 41.3 Å². The van der Waals surface area contributed by atoms with Crippen molar-refractivity contribution in [1.29, 1.82) is 0 Å².